The van der Waals surface area contributed by atoms with Crippen molar-refractivity contribution in [3.63, 3.8) is 0 Å². The van der Waals surface area contributed by atoms with Gasteiger partial charge in [0.15, 0.2) is 0 Å². The number of nitro groups is 1. The van der Waals surface area contributed by atoms with Gasteiger partial charge in [0.1, 0.15) is 6.54 Å². The highest BCUT2D eigenvalue weighted by Crippen LogP contribution is 2.27. The number of para-hydroxylation sites is 1. The molecule has 1 aromatic heterocycles. The average Bonchev–Trinajstić information content (AvgIpc) is 3.03. The molecule has 0 fully saturated rings. The van der Waals surface area contributed by atoms with Crippen LogP contribution in [-0.2, 0) is 17.8 Å². The molecule has 7 nitrogen and oxygen atoms in total. The number of aromatic nitrogens is 2. The number of carbonyl (C=O) groups excluding carboxylic acids is 1. The van der Waals surface area contributed by atoms with Crippen molar-refractivity contribution in [1.82, 2.24) is 9.78 Å². The molecule has 108 valence electrons. The van der Waals surface area contributed by atoms with Gasteiger partial charge in [-0.3, -0.25) is 4.79 Å². The van der Waals surface area contributed by atoms with Gasteiger partial charge in [-0.15, -0.1) is 0 Å². The SMILES string of the molecule is Cc1cc([N+](=O)[O-])nn1CC(=O)N1CCc2ccccc21. The first kappa shape index (κ1) is 13.3. The van der Waals surface area contributed by atoms with Crippen molar-refractivity contribution in [1.29, 1.82) is 0 Å². The lowest BCUT2D eigenvalue weighted by molar-refractivity contribution is -0.389. The summed E-state index contributed by atoms with van der Waals surface area (Å²) in [7, 11) is 0. The number of anilines is 1. The molecule has 7 heteroatoms. The van der Waals surface area contributed by atoms with Gasteiger partial charge in [-0.25, -0.2) is 0 Å². The minimum Gasteiger partial charge on any atom is -0.358 e. The number of benzene rings is 1. The van der Waals surface area contributed by atoms with Crippen molar-refractivity contribution in [3.8, 4) is 0 Å². The fourth-order valence-corrected chi connectivity index (χ4v) is 2.55. The fourth-order valence-electron chi connectivity index (χ4n) is 2.55. The van der Waals surface area contributed by atoms with Gasteiger partial charge < -0.3 is 15.0 Å². The summed E-state index contributed by atoms with van der Waals surface area (Å²) in [5, 5.41) is 14.6. The molecule has 1 aromatic carbocycles. The van der Waals surface area contributed by atoms with Crippen LogP contribution in [-0.4, -0.2) is 27.2 Å². The van der Waals surface area contributed by atoms with Crippen molar-refractivity contribution in [2.45, 2.75) is 19.9 Å². The Hall–Kier alpha value is -2.70. The zero-order chi connectivity index (χ0) is 15.0. The van der Waals surface area contributed by atoms with Crippen LogP contribution in [0.15, 0.2) is 30.3 Å². The predicted octanol–water partition coefficient (Wildman–Crippen LogP) is 1.69. The Morgan fingerprint density at radius 1 is 1.43 bits per heavy atom. The lowest BCUT2D eigenvalue weighted by atomic mass is 10.2. The molecular weight excluding hydrogens is 272 g/mol. The summed E-state index contributed by atoms with van der Waals surface area (Å²) in [6, 6.07) is 9.14. The maximum Gasteiger partial charge on any atom is 0.390 e. The third-order valence-corrected chi connectivity index (χ3v) is 3.63. The molecule has 0 spiro atoms. The van der Waals surface area contributed by atoms with E-state index >= 15 is 0 Å². The third kappa shape index (κ3) is 2.37. The van der Waals surface area contributed by atoms with Crippen LogP contribution in [0.1, 0.15) is 11.3 Å². The number of fused-ring (bicyclic) bond motifs is 1. The Bertz CT molecular complexity index is 723. The zero-order valence-electron chi connectivity index (χ0n) is 11.5. The molecule has 21 heavy (non-hydrogen) atoms. The van der Waals surface area contributed by atoms with Gasteiger partial charge in [0.2, 0.25) is 0 Å². The van der Waals surface area contributed by atoms with E-state index < -0.39 is 4.92 Å². The number of rotatable bonds is 3. The molecule has 1 aliphatic rings. The molecule has 1 aliphatic heterocycles. The Balaban J connectivity index is 1.80. The second-order valence-electron chi connectivity index (χ2n) is 4.98. The first-order valence-corrected chi connectivity index (χ1v) is 6.63. The maximum atomic E-state index is 12.4. The summed E-state index contributed by atoms with van der Waals surface area (Å²) >= 11 is 0. The van der Waals surface area contributed by atoms with E-state index in [0.717, 1.165) is 17.7 Å². The van der Waals surface area contributed by atoms with Gasteiger partial charge in [-0.2, -0.15) is 4.68 Å². The topological polar surface area (TPSA) is 81.3 Å². The van der Waals surface area contributed by atoms with Crippen molar-refractivity contribution in [3.05, 3.63) is 51.7 Å². The molecule has 0 saturated carbocycles. The molecule has 0 N–H and O–H groups in total. The van der Waals surface area contributed by atoms with E-state index in [-0.39, 0.29) is 18.3 Å². The van der Waals surface area contributed by atoms with Crippen LogP contribution in [0.4, 0.5) is 11.5 Å². The second kappa shape index (κ2) is 5.01. The van der Waals surface area contributed by atoms with E-state index in [4.69, 9.17) is 0 Å². The van der Waals surface area contributed by atoms with E-state index in [1.807, 2.05) is 24.3 Å². The number of amides is 1. The van der Waals surface area contributed by atoms with Crippen molar-refractivity contribution < 1.29 is 9.72 Å². The molecule has 2 heterocycles. The normalized spacial score (nSPS) is 13.3. The molecule has 0 unspecified atom stereocenters. The molecule has 0 saturated heterocycles. The highest BCUT2D eigenvalue weighted by atomic mass is 16.6. The van der Waals surface area contributed by atoms with Crippen LogP contribution >= 0.6 is 0 Å². The number of hydrogen-bond acceptors (Lipinski definition) is 4. The van der Waals surface area contributed by atoms with Gasteiger partial charge in [-0.05, 0) is 29.9 Å². The lowest BCUT2D eigenvalue weighted by Crippen LogP contribution is -2.32. The monoisotopic (exact) mass is 286 g/mol. The average molecular weight is 286 g/mol. The van der Waals surface area contributed by atoms with E-state index in [0.29, 0.717) is 12.2 Å². The fraction of sp³-hybridized carbons (Fsp3) is 0.286. The number of carbonyl (C=O) groups is 1. The number of hydrogen-bond donors (Lipinski definition) is 0. The van der Waals surface area contributed by atoms with E-state index in [2.05, 4.69) is 5.10 Å². The predicted molar refractivity (Wildman–Crippen MR) is 76.1 cm³/mol. The van der Waals surface area contributed by atoms with Crippen LogP contribution in [0.2, 0.25) is 0 Å². The van der Waals surface area contributed by atoms with E-state index in [1.54, 1.807) is 11.8 Å². The quantitative estimate of drug-likeness (QED) is 0.635. The van der Waals surface area contributed by atoms with Crippen molar-refractivity contribution in [2.75, 3.05) is 11.4 Å². The van der Waals surface area contributed by atoms with Gasteiger partial charge in [0.05, 0.1) is 16.9 Å². The highest BCUT2D eigenvalue weighted by Gasteiger charge is 2.26. The Morgan fingerprint density at radius 2 is 2.19 bits per heavy atom. The lowest BCUT2D eigenvalue weighted by Gasteiger charge is -2.16. The van der Waals surface area contributed by atoms with Gasteiger partial charge in [-0.1, -0.05) is 18.2 Å². The largest absolute Gasteiger partial charge is 0.390 e. The molecule has 0 aliphatic carbocycles. The van der Waals surface area contributed by atoms with Crippen LogP contribution in [0.3, 0.4) is 0 Å². The summed E-state index contributed by atoms with van der Waals surface area (Å²) in [5.74, 6) is -0.344. The van der Waals surface area contributed by atoms with Gasteiger partial charge >= 0.3 is 5.82 Å². The minimum atomic E-state index is -0.556. The number of aryl methyl sites for hydroxylation is 1. The van der Waals surface area contributed by atoms with Crippen LogP contribution < -0.4 is 4.90 Å². The van der Waals surface area contributed by atoms with E-state index in [1.165, 1.54) is 10.7 Å². The summed E-state index contributed by atoms with van der Waals surface area (Å²) in [6.07, 6.45) is 0.833. The molecule has 0 radical (unpaired) electrons. The van der Waals surface area contributed by atoms with Gasteiger partial charge in [0.25, 0.3) is 5.91 Å². The minimum absolute atomic E-state index is 0.00794. The van der Waals surface area contributed by atoms with Crippen LogP contribution in [0.25, 0.3) is 0 Å². The Kier molecular flexibility index (Phi) is 3.17. The van der Waals surface area contributed by atoms with Crippen molar-refractivity contribution >= 4 is 17.4 Å². The smallest absolute Gasteiger partial charge is 0.358 e. The van der Waals surface area contributed by atoms with Crippen LogP contribution in [0, 0.1) is 17.0 Å². The molecule has 1 amide bonds. The molecular formula is C14H14N4O3. The third-order valence-electron chi connectivity index (χ3n) is 3.63. The maximum absolute atomic E-state index is 12.4. The molecule has 2 aromatic rings. The Labute approximate surface area is 120 Å². The standard InChI is InChI=1S/C14H14N4O3/c1-10-8-13(18(20)21)15-17(10)9-14(19)16-7-6-11-4-2-3-5-12(11)16/h2-5,8H,6-7,9H2,1H3. The number of nitrogens with zero attached hydrogens (tertiary/aromatic N) is 4. The summed E-state index contributed by atoms with van der Waals surface area (Å²) in [5.41, 5.74) is 2.67. The van der Waals surface area contributed by atoms with E-state index in [9.17, 15) is 14.9 Å². The summed E-state index contributed by atoms with van der Waals surface area (Å²) in [6.45, 7) is 2.35. The first-order valence-electron chi connectivity index (χ1n) is 6.63. The van der Waals surface area contributed by atoms with Gasteiger partial charge in [0, 0.05) is 12.2 Å². The highest BCUT2D eigenvalue weighted by molar-refractivity contribution is 5.95. The molecule has 0 atom stereocenters. The Morgan fingerprint density at radius 3 is 2.90 bits per heavy atom. The second-order valence-corrected chi connectivity index (χ2v) is 4.98. The molecule has 3 rings (SSSR count). The van der Waals surface area contributed by atoms with Crippen molar-refractivity contribution in [2.24, 2.45) is 0 Å². The zero-order valence-corrected chi connectivity index (χ0v) is 11.5. The van der Waals surface area contributed by atoms with Crippen LogP contribution in [0.5, 0.6) is 0 Å². The summed E-state index contributed by atoms with van der Waals surface area (Å²) < 4.78 is 1.38. The summed E-state index contributed by atoms with van der Waals surface area (Å²) in [4.78, 5) is 24.3. The first-order chi connectivity index (χ1) is 10.1. The molecule has 0 bridgehead atoms.